The number of hydrogen-bond donors (Lipinski definition) is 1. The predicted octanol–water partition coefficient (Wildman–Crippen LogP) is 3.33. The van der Waals surface area contributed by atoms with Crippen molar-refractivity contribution in [2.24, 2.45) is 5.92 Å². The van der Waals surface area contributed by atoms with E-state index in [9.17, 15) is 5.11 Å². The second-order valence-electron chi connectivity index (χ2n) is 4.30. The molecule has 1 aliphatic heterocycles. The lowest BCUT2D eigenvalue weighted by Crippen LogP contribution is -2.32. The summed E-state index contributed by atoms with van der Waals surface area (Å²) in [4.78, 5) is 0. The summed E-state index contributed by atoms with van der Waals surface area (Å²) < 4.78 is 1.10. The number of thioether (sulfide) groups is 1. The highest BCUT2D eigenvalue weighted by Crippen LogP contribution is 2.41. The van der Waals surface area contributed by atoms with Gasteiger partial charge in [-0.2, -0.15) is 11.8 Å². The molecule has 0 spiro atoms. The van der Waals surface area contributed by atoms with Crippen molar-refractivity contribution in [1.82, 2.24) is 0 Å². The number of aryl methyl sites for hydroxylation is 1. The van der Waals surface area contributed by atoms with Crippen molar-refractivity contribution in [3.8, 4) is 0 Å². The summed E-state index contributed by atoms with van der Waals surface area (Å²) in [6.07, 6.45) is 0. The van der Waals surface area contributed by atoms with E-state index < -0.39 is 5.60 Å². The molecule has 0 amide bonds. The van der Waals surface area contributed by atoms with Gasteiger partial charge in [-0.15, -0.1) is 0 Å². The van der Waals surface area contributed by atoms with Gasteiger partial charge in [0.2, 0.25) is 0 Å². The van der Waals surface area contributed by atoms with Crippen LogP contribution in [0.2, 0.25) is 0 Å². The molecule has 3 heteroatoms. The van der Waals surface area contributed by atoms with Crippen molar-refractivity contribution in [2.45, 2.75) is 19.4 Å². The molecule has 1 aromatic carbocycles. The maximum absolute atomic E-state index is 10.6. The largest absolute Gasteiger partial charge is 0.384 e. The highest BCUT2D eigenvalue weighted by Gasteiger charge is 2.40. The van der Waals surface area contributed by atoms with E-state index in [4.69, 9.17) is 0 Å². The van der Waals surface area contributed by atoms with E-state index in [1.807, 2.05) is 23.9 Å². The Morgan fingerprint density at radius 2 is 2.27 bits per heavy atom. The molecule has 0 aromatic heterocycles. The third-order valence-electron chi connectivity index (χ3n) is 3.16. The monoisotopic (exact) mass is 286 g/mol. The second-order valence-corrected chi connectivity index (χ2v) is 6.19. The van der Waals surface area contributed by atoms with Gasteiger partial charge in [0.1, 0.15) is 5.60 Å². The molecule has 1 nitrogen and oxygen atoms in total. The zero-order valence-electron chi connectivity index (χ0n) is 8.96. The van der Waals surface area contributed by atoms with E-state index in [0.717, 1.165) is 21.5 Å². The minimum atomic E-state index is -0.629. The minimum Gasteiger partial charge on any atom is -0.384 e. The Kier molecular flexibility index (Phi) is 3.15. The van der Waals surface area contributed by atoms with Crippen LogP contribution in [-0.2, 0) is 5.60 Å². The fourth-order valence-electron chi connectivity index (χ4n) is 1.95. The molecule has 0 bridgehead atoms. The standard InChI is InChI=1S/C12H15BrOS/c1-8-5-10(3-4-11(8)13)12(14)7-15-6-9(12)2/h3-5,9,14H,6-7H2,1-2H3/t9-,12-/m0/s1. The van der Waals surface area contributed by atoms with E-state index in [-0.39, 0.29) is 0 Å². The lowest BCUT2D eigenvalue weighted by molar-refractivity contribution is 0.0234. The molecule has 0 radical (unpaired) electrons. The van der Waals surface area contributed by atoms with Gasteiger partial charge in [-0.05, 0) is 35.8 Å². The molecule has 1 aromatic rings. The Balaban J connectivity index is 2.40. The van der Waals surface area contributed by atoms with Crippen LogP contribution in [0.25, 0.3) is 0 Å². The van der Waals surface area contributed by atoms with Crippen LogP contribution in [0.3, 0.4) is 0 Å². The topological polar surface area (TPSA) is 20.2 Å². The summed E-state index contributed by atoms with van der Waals surface area (Å²) in [5.41, 5.74) is 1.61. The van der Waals surface area contributed by atoms with Gasteiger partial charge in [-0.3, -0.25) is 0 Å². The lowest BCUT2D eigenvalue weighted by Gasteiger charge is -2.27. The molecule has 2 atom stereocenters. The van der Waals surface area contributed by atoms with Crippen molar-refractivity contribution in [1.29, 1.82) is 0 Å². The Bertz CT molecular complexity index is 380. The molecule has 1 saturated heterocycles. The molecule has 1 N–H and O–H groups in total. The highest BCUT2D eigenvalue weighted by atomic mass is 79.9. The molecule has 1 aliphatic rings. The van der Waals surface area contributed by atoms with Crippen LogP contribution in [0.1, 0.15) is 18.1 Å². The first-order chi connectivity index (χ1) is 7.04. The second kappa shape index (κ2) is 4.11. The van der Waals surface area contributed by atoms with Gasteiger partial charge in [0.15, 0.2) is 0 Å². The smallest absolute Gasteiger partial charge is 0.102 e. The Hall–Kier alpha value is 0.01000. The average molecular weight is 287 g/mol. The molecule has 2 rings (SSSR count). The Morgan fingerprint density at radius 3 is 2.80 bits per heavy atom. The number of benzene rings is 1. The summed E-state index contributed by atoms with van der Waals surface area (Å²) in [7, 11) is 0. The van der Waals surface area contributed by atoms with Crippen LogP contribution < -0.4 is 0 Å². The zero-order chi connectivity index (χ0) is 11.1. The van der Waals surface area contributed by atoms with Gasteiger partial charge in [0, 0.05) is 10.2 Å². The maximum atomic E-state index is 10.6. The summed E-state index contributed by atoms with van der Waals surface area (Å²) in [5.74, 6) is 2.20. The number of hydrogen-bond acceptors (Lipinski definition) is 2. The van der Waals surface area contributed by atoms with Crippen LogP contribution in [0.15, 0.2) is 22.7 Å². The predicted molar refractivity (Wildman–Crippen MR) is 69.3 cm³/mol. The highest BCUT2D eigenvalue weighted by molar-refractivity contribution is 9.10. The molecular weight excluding hydrogens is 272 g/mol. The minimum absolute atomic E-state index is 0.336. The first-order valence-corrected chi connectivity index (χ1v) is 7.05. The summed E-state index contributed by atoms with van der Waals surface area (Å²) in [5, 5.41) is 10.6. The van der Waals surface area contributed by atoms with Crippen molar-refractivity contribution >= 4 is 27.7 Å². The molecule has 82 valence electrons. The van der Waals surface area contributed by atoms with Gasteiger partial charge in [-0.1, -0.05) is 35.0 Å². The Labute approximate surface area is 103 Å². The quantitative estimate of drug-likeness (QED) is 0.855. The van der Waals surface area contributed by atoms with Gasteiger partial charge in [0.25, 0.3) is 0 Å². The van der Waals surface area contributed by atoms with E-state index in [0.29, 0.717) is 5.92 Å². The number of halogens is 1. The van der Waals surface area contributed by atoms with Crippen LogP contribution in [-0.4, -0.2) is 16.6 Å². The van der Waals surface area contributed by atoms with Crippen molar-refractivity contribution < 1.29 is 5.11 Å². The molecule has 0 aliphatic carbocycles. The van der Waals surface area contributed by atoms with Crippen molar-refractivity contribution in [3.63, 3.8) is 0 Å². The van der Waals surface area contributed by atoms with E-state index in [1.165, 1.54) is 5.56 Å². The summed E-state index contributed by atoms with van der Waals surface area (Å²) in [6, 6.07) is 6.14. The van der Waals surface area contributed by atoms with Crippen molar-refractivity contribution in [2.75, 3.05) is 11.5 Å². The number of aliphatic hydroxyl groups is 1. The van der Waals surface area contributed by atoms with Gasteiger partial charge < -0.3 is 5.11 Å². The van der Waals surface area contributed by atoms with Gasteiger partial charge in [0.05, 0.1) is 0 Å². The fourth-order valence-corrected chi connectivity index (χ4v) is 3.71. The molecular formula is C12H15BrOS. The van der Waals surface area contributed by atoms with Crippen LogP contribution in [0.5, 0.6) is 0 Å². The fraction of sp³-hybridized carbons (Fsp3) is 0.500. The van der Waals surface area contributed by atoms with Crippen LogP contribution in [0.4, 0.5) is 0 Å². The maximum Gasteiger partial charge on any atom is 0.102 e. The number of rotatable bonds is 1. The molecule has 0 unspecified atom stereocenters. The normalized spacial score (nSPS) is 30.8. The van der Waals surface area contributed by atoms with Crippen molar-refractivity contribution in [3.05, 3.63) is 33.8 Å². The molecule has 1 fully saturated rings. The van der Waals surface area contributed by atoms with E-state index in [2.05, 4.69) is 35.8 Å². The zero-order valence-corrected chi connectivity index (χ0v) is 11.4. The van der Waals surface area contributed by atoms with Gasteiger partial charge in [-0.25, -0.2) is 0 Å². The third-order valence-corrected chi connectivity index (χ3v) is 5.43. The third kappa shape index (κ3) is 1.97. The van der Waals surface area contributed by atoms with E-state index >= 15 is 0 Å². The summed E-state index contributed by atoms with van der Waals surface area (Å²) >= 11 is 5.32. The van der Waals surface area contributed by atoms with Gasteiger partial charge >= 0.3 is 0 Å². The SMILES string of the molecule is Cc1cc([C@]2(O)CSC[C@@H]2C)ccc1Br. The first kappa shape index (κ1) is 11.5. The molecule has 0 saturated carbocycles. The summed E-state index contributed by atoms with van der Waals surface area (Å²) in [6.45, 7) is 4.18. The first-order valence-electron chi connectivity index (χ1n) is 5.11. The molecule has 1 heterocycles. The Morgan fingerprint density at radius 1 is 1.53 bits per heavy atom. The molecule has 15 heavy (non-hydrogen) atoms. The lowest BCUT2D eigenvalue weighted by atomic mass is 9.85. The van der Waals surface area contributed by atoms with E-state index in [1.54, 1.807) is 0 Å². The van der Waals surface area contributed by atoms with Crippen LogP contribution >= 0.6 is 27.7 Å². The average Bonchev–Trinajstić information content (AvgIpc) is 2.53. The van der Waals surface area contributed by atoms with Crippen LogP contribution in [0, 0.1) is 12.8 Å².